The largest absolute Gasteiger partial charge is 0.365 e. The van der Waals surface area contributed by atoms with E-state index in [4.69, 9.17) is 17.3 Å². The number of nitrogens with zero attached hydrogens (tertiary/aromatic N) is 2. The molecule has 2 amide bonds. The highest BCUT2D eigenvalue weighted by Crippen LogP contribution is 2.39. The minimum Gasteiger partial charge on any atom is -0.365 e. The molecule has 0 unspecified atom stereocenters. The van der Waals surface area contributed by atoms with Crippen LogP contribution < -0.4 is 11.1 Å². The lowest BCUT2D eigenvalue weighted by molar-refractivity contribution is 0.100. The summed E-state index contributed by atoms with van der Waals surface area (Å²) in [6, 6.07) is 0. The van der Waals surface area contributed by atoms with Gasteiger partial charge in [0.25, 0.3) is 11.8 Å². The van der Waals surface area contributed by atoms with E-state index in [-0.39, 0.29) is 5.69 Å². The summed E-state index contributed by atoms with van der Waals surface area (Å²) in [7, 11) is 1.65. The minimum absolute atomic E-state index is 0.267. The van der Waals surface area contributed by atoms with E-state index in [1.807, 2.05) is 0 Å². The molecule has 116 valence electrons. The quantitative estimate of drug-likeness (QED) is 0.899. The number of rotatable bonds is 3. The minimum atomic E-state index is -0.512. The molecule has 0 radical (unpaired) electrons. The van der Waals surface area contributed by atoms with E-state index in [2.05, 4.69) is 10.4 Å². The van der Waals surface area contributed by atoms with E-state index >= 15 is 0 Å². The van der Waals surface area contributed by atoms with Crippen molar-refractivity contribution in [3.05, 3.63) is 32.4 Å². The molecule has 0 spiro atoms. The third-order valence-corrected chi connectivity index (χ3v) is 5.42. The number of halogens is 1. The van der Waals surface area contributed by atoms with E-state index in [9.17, 15) is 9.59 Å². The van der Waals surface area contributed by atoms with Crippen molar-refractivity contribution in [1.82, 2.24) is 9.78 Å². The molecule has 3 rings (SSSR count). The molecule has 0 bridgehead atoms. The van der Waals surface area contributed by atoms with Gasteiger partial charge in [-0.15, -0.1) is 11.3 Å². The summed E-state index contributed by atoms with van der Waals surface area (Å²) >= 11 is 7.53. The van der Waals surface area contributed by atoms with Gasteiger partial charge in [-0.3, -0.25) is 14.3 Å². The molecule has 0 saturated carbocycles. The van der Waals surface area contributed by atoms with Gasteiger partial charge < -0.3 is 11.1 Å². The number of primary amides is 1. The van der Waals surface area contributed by atoms with E-state index in [0.717, 1.165) is 29.7 Å². The van der Waals surface area contributed by atoms with Crippen molar-refractivity contribution in [2.45, 2.75) is 26.2 Å². The summed E-state index contributed by atoms with van der Waals surface area (Å²) in [5.74, 6) is -0.905. The third kappa shape index (κ3) is 2.30. The van der Waals surface area contributed by atoms with Crippen LogP contribution in [-0.2, 0) is 19.9 Å². The normalized spacial score (nSPS) is 13.2. The molecule has 0 atom stereocenters. The number of amides is 2. The van der Waals surface area contributed by atoms with Crippen LogP contribution in [0.2, 0.25) is 5.02 Å². The maximum atomic E-state index is 12.5. The molecule has 8 heteroatoms. The first-order valence-electron chi connectivity index (χ1n) is 6.85. The van der Waals surface area contributed by atoms with Crippen LogP contribution in [0.15, 0.2) is 0 Å². The third-order valence-electron chi connectivity index (χ3n) is 3.76. The first-order valence-corrected chi connectivity index (χ1v) is 8.04. The lowest BCUT2D eigenvalue weighted by Crippen LogP contribution is -2.20. The predicted octanol–water partition coefficient (Wildman–Crippen LogP) is 2.28. The highest BCUT2D eigenvalue weighted by molar-refractivity contribution is 7.17. The van der Waals surface area contributed by atoms with Crippen LogP contribution in [0.3, 0.4) is 0 Å². The number of nitrogens with one attached hydrogen (secondary N) is 1. The van der Waals surface area contributed by atoms with Crippen LogP contribution in [0.5, 0.6) is 0 Å². The zero-order chi connectivity index (χ0) is 16.0. The molecule has 2 aromatic heterocycles. The van der Waals surface area contributed by atoms with Gasteiger partial charge in [0.2, 0.25) is 0 Å². The van der Waals surface area contributed by atoms with Crippen molar-refractivity contribution in [2.24, 2.45) is 12.8 Å². The molecule has 22 heavy (non-hydrogen) atoms. The Kier molecular flexibility index (Phi) is 3.70. The highest BCUT2D eigenvalue weighted by Gasteiger charge is 2.27. The zero-order valence-electron chi connectivity index (χ0n) is 12.2. The van der Waals surface area contributed by atoms with Gasteiger partial charge in [-0.1, -0.05) is 11.6 Å². The van der Waals surface area contributed by atoms with Crippen molar-refractivity contribution < 1.29 is 9.59 Å². The number of aromatic nitrogens is 2. The lowest BCUT2D eigenvalue weighted by Gasteiger charge is -2.06. The van der Waals surface area contributed by atoms with Gasteiger partial charge in [-0.2, -0.15) is 5.10 Å². The standard InChI is InChI=1S/C14H15ClN4O2S/c1-6-10(15)11(19(2)18-6)13(21)17-14-9(12(16)20)7-4-3-5-8(7)22-14/h3-5H2,1-2H3,(H2,16,20)(H,17,21). The van der Waals surface area contributed by atoms with Crippen molar-refractivity contribution in [1.29, 1.82) is 0 Å². The van der Waals surface area contributed by atoms with Gasteiger partial charge in [-0.05, 0) is 31.7 Å². The van der Waals surface area contributed by atoms with Gasteiger partial charge in [0.05, 0.1) is 16.3 Å². The first kappa shape index (κ1) is 15.1. The number of carbonyl (C=O) groups is 2. The Morgan fingerprint density at radius 2 is 2.14 bits per heavy atom. The molecule has 6 nitrogen and oxygen atoms in total. The van der Waals surface area contributed by atoms with Crippen LogP contribution in [0.25, 0.3) is 0 Å². The van der Waals surface area contributed by atoms with Crippen molar-refractivity contribution in [2.75, 3.05) is 5.32 Å². The number of hydrogen-bond donors (Lipinski definition) is 2. The summed E-state index contributed by atoms with van der Waals surface area (Å²) in [6.07, 6.45) is 2.76. The highest BCUT2D eigenvalue weighted by atomic mass is 35.5. The number of nitrogens with two attached hydrogens (primary N) is 1. The SMILES string of the molecule is Cc1nn(C)c(C(=O)Nc2sc3c(c2C(N)=O)CCC3)c1Cl. The number of hydrogen-bond acceptors (Lipinski definition) is 4. The van der Waals surface area contributed by atoms with Gasteiger partial charge >= 0.3 is 0 Å². The fourth-order valence-electron chi connectivity index (χ4n) is 2.79. The Morgan fingerprint density at radius 3 is 2.73 bits per heavy atom. The maximum Gasteiger partial charge on any atom is 0.276 e. The summed E-state index contributed by atoms with van der Waals surface area (Å²) in [4.78, 5) is 25.3. The van der Waals surface area contributed by atoms with Crippen molar-refractivity contribution in [3.8, 4) is 0 Å². The predicted molar refractivity (Wildman–Crippen MR) is 85.8 cm³/mol. The first-order chi connectivity index (χ1) is 10.4. The van der Waals surface area contributed by atoms with Gasteiger partial charge in [0.1, 0.15) is 10.7 Å². The van der Waals surface area contributed by atoms with Gasteiger partial charge in [-0.25, -0.2) is 0 Å². The average molecular weight is 339 g/mol. The lowest BCUT2D eigenvalue weighted by atomic mass is 10.1. The van der Waals surface area contributed by atoms with E-state index in [0.29, 0.717) is 21.3 Å². The molecule has 2 aromatic rings. The Balaban J connectivity index is 1.97. The zero-order valence-corrected chi connectivity index (χ0v) is 13.8. The van der Waals surface area contributed by atoms with Crippen LogP contribution in [-0.4, -0.2) is 21.6 Å². The molecular formula is C14H15ClN4O2S. The number of fused-ring (bicyclic) bond motifs is 1. The second-order valence-corrected chi connectivity index (χ2v) is 6.73. The number of thiophene rings is 1. The van der Waals surface area contributed by atoms with E-state index in [1.54, 1.807) is 14.0 Å². The van der Waals surface area contributed by atoms with Crippen molar-refractivity contribution in [3.63, 3.8) is 0 Å². The van der Waals surface area contributed by atoms with Gasteiger partial charge in [0, 0.05) is 11.9 Å². The fraction of sp³-hybridized carbons (Fsp3) is 0.357. The average Bonchev–Trinajstić information content (AvgIpc) is 3.03. The number of anilines is 1. The van der Waals surface area contributed by atoms with Crippen LogP contribution in [0.1, 0.15) is 43.4 Å². The number of carbonyl (C=O) groups excluding carboxylic acids is 2. The molecule has 0 aromatic carbocycles. The molecule has 3 N–H and O–H groups in total. The topological polar surface area (TPSA) is 90.0 Å². The monoisotopic (exact) mass is 338 g/mol. The summed E-state index contributed by atoms with van der Waals surface area (Å²) < 4.78 is 1.43. The second kappa shape index (κ2) is 5.40. The Hall–Kier alpha value is -1.86. The Labute approximate surface area is 136 Å². The molecular weight excluding hydrogens is 324 g/mol. The fourth-order valence-corrected chi connectivity index (χ4v) is 4.33. The Bertz CT molecular complexity index is 793. The summed E-state index contributed by atoms with van der Waals surface area (Å²) in [5.41, 5.74) is 7.74. The van der Waals surface area contributed by atoms with E-state index in [1.165, 1.54) is 16.0 Å². The van der Waals surface area contributed by atoms with Crippen LogP contribution >= 0.6 is 22.9 Å². The molecule has 0 fully saturated rings. The molecule has 1 aliphatic carbocycles. The Morgan fingerprint density at radius 1 is 1.41 bits per heavy atom. The molecule has 0 saturated heterocycles. The number of aryl methyl sites for hydroxylation is 3. The van der Waals surface area contributed by atoms with Crippen molar-refractivity contribution >= 4 is 39.8 Å². The summed E-state index contributed by atoms with van der Waals surface area (Å²) in [5, 5.41) is 7.69. The molecule has 0 aliphatic heterocycles. The smallest absolute Gasteiger partial charge is 0.276 e. The van der Waals surface area contributed by atoms with Crippen LogP contribution in [0, 0.1) is 6.92 Å². The maximum absolute atomic E-state index is 12.5. The van der Waals surface area contributed by atoms with E-state index < -0.39 is 11.8 Å². The molecule has 1 aliphatic rings. The summed E-state index contributed by atoms with van der Waals surface area (Å²) in [6.45, 7) is 1.73. The second-order valence-electron chi connectivity index (χ2n) is 5.25. The molecule has 2 heterocycles. The van der Waals surface area contributed by atoms with Gasteiger partial charge in [0.15, 0.2) is 0 Å². The van der Waals surface area contributed by atoms with Crippen LogP contribution in [0.4, 0.5) is 5.00 Å².